The molecule has 2 heteroatoms. The molecule has 0 spiro atoms. The quantitative estimate of drug-likeness (QED) is 0.333. The molecular weight excluding hydrogens is 138 g/mol. The van der Waals surface area contributed by atoms with Crippen molar-refractivity contribution in [2.24, 2.45) is 0 Å². The van der Waals surface area contributed by atoms with Crippen LogP contribution in [-0.2, 0) is 4.74 Å². The monoisotopic (exact) mass is 158 g/mol. The van der Waals surface area contributed by atoms with Crippen LogP contribution in [0.4, 0.5) is 0 Å². The number of hydrogen-bond donors (Lipinski definition) is 0. The Balaban J connectivity index is 3.22. The van der Waals surface area contributed by atoms with E-state index in [9.17, 15) is 0 Å². The summed E-state index contributed by atoms with van der Waals surface area (Å²) in [5.74, 6) is 0. The fourth-order valence-corrected chi connectivity index (χ4v) is 0.585. The second kappa shape index (κ2) is 4.52. The van der Waals surface area contributed by atoms with Crippen molar-refractivity contribution >= 4 is 0 Å². The standard InChI is InChI=1S/C9H20NO/c1-9(2)8-11-7-6-10(3,4)5/h1,6-8H2,2-5H3/q+1. The van der Waals surface area contributed by atoms with Gasteiger partial charge in [-0.25, -0.2) is 0 Å². The van der Waals surface area contributed by atoms with E-state index in [2.05, 4.69) is 27.7 Å². The Hall–Kier alpha value is -0.340. The van der Waals surface area contributed by atoms with Gasteiger partial charge in [0.25, 0.3) is 0 Å². The third-order valence-electron chi connectivity index (χ3n) is 1.25. The predicted molar refractivity (Wildman–Crippen MR) is 48.5 cm³/mol. The van der Waals surface area contributed by atoms with Gasteiger partial charge < -0.3 is 9.22 Å². The maximum atomic E-state index is 5.36. The normalized spacial score (nSPS) is 11.6. The highest BCUT2D eigenvalue weighted by Crippen LogP contribution is 1.92. The van der Waals surface area contributed by atoms with Gasteiger partial charge in [0.1, 0.15) is 6.54 Å². The molecule has 0 heterocycles. The van der Waals surface area contributed by atoms with Crippen LogP contribution in [0.3, 0.4) is 0 Å². The predicted octanol–water partition coefficient (Wildman–Crippen LogP) is 1.29. The van der Waals surface area contributed by atoms with E-state index in [-0.39, 0.29) is 0 Å². The van der Waals surface area contributed by atoms with Gasteiger partial charge in [0.15, 0.2) is 0 Å². The number of hydrogen-bond acceptors (Lipinski definition) is 1. The summed E-state index contributed by atoms with van der Waals surface area (Å²) in [6, 6.07) is 0. The second-order valence-corrected chi connectivity index (χ2v) is 4.02. The average molecular weight is 158 g/mol. The first-order chi connectivity index (χ1) is 4.92. The molecule has 0 saturated heterocycles. The van der Waals surface area contributed by atoms with Gasteiger partial charge in [-0.1, -0.05) is 12.2 Å². The molecule has 0 saturated carbocycles. The maximum absolute atomic E-state index is 5.36. The van der Waals surface area contributed by atoms with Crippen LogP contribution in [0.1, 0.15) is 6.92 Å². The zero-order valence-electron chi connectivity index (χ0n) is 8.18. The van der Waals surface area contributed by atoms with E-state index in [0.717, 1.165) is 23.2 Å². The van der Waals surface area contributed by atoms with E-state index in [1.807, 2.05) is 6.92 Å². The molecular formula is C9H20NO+. The van der Waals surface area contributed by atoms with E-state index < -0.39 is 0 Å². The van der Waals surface area contributed by atoms with Crippen LogP contribution in [0.5, 0.6) is 0 Å². The Morgan fingerprint density at radius 1 is 1.36 bits per heavy atom. The summed E-state index contributed by atoms with van der Waals surface area (Å²) in [6.45, 7) is 8.30. The summed E-state index contributed by atoms with van der Waals surface area (Å²) < 4.78 is 6.31. The lowest BCUT2D eigenvalue weighted by molar-refractivity contribution is -0.870. The summed E-state index contributed by atoms with van der Waals surface area (Å²) in [5, 5.41) is 0. The zero-order valence-corrected chi connectivity index (χ0v) is 8.18. The van der Waals surface area contributed by atoms with E-state index in [1.54, 1.807) is 0 Å². The molecule has 0 aliphatic rings. The molecule has 0 aromatic carbocycles. The topological polar surface area (TPSA) is 9.23 Å². The summed E-state index contributed by atoms with van der Waals surface area (Å²) in [7, 11) is 6.47. The molecule has 0 radical (unpaired) electrons. The lowest BCUT2D eigenvalue weighted by Crippen LogP contribution is -2.37. The van der Waals surface area contributed by atoms with Crippen LogP contribution in [0, 0.1) is 0 Å². The molecule has 0 amide bonds. The molecule has 0 aromatic rings. The summed E-state index contributed by atoms with van der Waals surface area (Å²) in [4.78, 5) is 0. The lowest BCUT2D eigenvalue weighted by Gasteiger charge is -2.23. The molecule has 0 unspecified atom stereocenters. The van der Waals surface area contributed by atoms with Gasteiger partial charge in [0.2, 0.25) is 0 Å². The Morgan fingerprint density at radius 2 is 1.91 bits per heavy atom. The van der Waals surface area contributed by atoms with Crippen molar-refractivity contribution in [2.45, 2.75) is 6.92 Å². The fourth-order valence-electron chi connectivity index (χ4n) is 0.585. The molecule has 0 aliphatic carbocycles. The van der Waals surface area contributed by atoms with Crippen molar-refractivity contribution in [1.82, 2.24) is 0 Å². The highest BCUT2D eigenvalue weighted by atomic mass is 16.5. The SMILES string of the molecule is C=C(C)COCC[N+](C)(C)C. The van der Waals surface area contributed by atoms with Gasteiger partial charge in [-0.05, 0) is 6.92 Å². The molecule has 2 nitrogen and oxygen atoms in total. The third kappa shape index (κ3) is 9.66. The van der Waals surface area contributed by atoms with Crippen LogP contribution < -0.4 is 0 Å². The number of likely N-dealkylation sites (N-methyl/N-ethyl adjacent to an activating group) is 1. The minimum absolute atomic E-state index is 0.694. The summed E-state index contributed by atoms with van der Waals surface area (Å²) >= 11 is 0. The van der Waals surface area contributed by atoms with Gasteiger partial charge in [-0.3, -0.25) is 0 Å². The number of nitrogens with zero attached hydrogens (tertiary/aromatic N) is 1. The van der Waals surface area contributed by atoms with Gasteiger partial charge >= 0.3 is 0 Å². The first kappa shape index (κ1) is 10.7. The van der Waals surface area contributed by atoms with E-state index in [0.29, 0.717) is 6.61 Å². The first-order valence-corrected chi connectivity index (χ1v) is 3.94. The van der Waals surface area contributed by atoms with Crippen molar-refractivity contribution in [1.29, 1.82) is 0 Å². The second-order valence-electron chi connectivity index (χ2n) is 4.02. The van der Waals surface area contributed by atoms with Crippen LogP contribution in [0.25, 0.3) is 0 Å². The maximum Gasteiger partial charge on any atom is 0.102 e. The van der Waals surface area contributed by atoms with Crippen molar-refractivity contribution in [3.63, 3.8) is 0 Å². The number of ether oxygens (including phenoxy) is 1. The molecule has 0 atom stereocenters. The smallest absolute Gasteiger partial charge is 0.102 e. The third-order valence-corrected chi connectivity index (χ3v) is 1.25. The summed E-state index contributed by atoms with van der Waals surface area (Å²) in [6.07, 6.45) is 0. The van der Waals surface area contributed by atoms with Gasteiger partial charge in [0, 0.05) is 0 Å². The molecule has 0 aliphatic heterocycles. The Bertz CT molecular complexity index is 124. The molecule has 0 N–H and O–H groups in total. The van der Waals surface area contributed by atoms with Crippen molar-refractivity contribution < 1.29 is 9.22 Å². The van der Waals surface area contributed by atoms with Gasteiger partial charge in [-0.2, -0.15) is 0 Å². The van der Waals surface area contributed by atoms with Gasteiger partial charge in [0.05, 0.1) is 34.4 Å². The Labute approximate surface area is 70.1 Å². The molecule has 0 fully saturated rings. The summed E-state index contributed by atoms with van der Waals surface area (Å²) in [5.41, 5.74) is 1.09. The highest BCUT2D eigenvalue weighted by Gasteiger charge is 2.04. The minimum Gasteiger partial charge on any atom is -0.371 e. The van der Waals surface area contributed by atoms with Crippen LogP contribution in [0.2, 0.25) is 0 Å². The highest BCUT2D eigenvalue weighted by molar-refractivity contribution is 4.87. The van der Waals surface area contributed by atoms with Crippen molar-refractivity contribution in [3.05, 3.63) is 12.2 Å². The van der Waals surface area contributed by atoms with Crippen LogP contribution >= 0.6 is 0 Å². The van der Waals surface area contributed by atoms with E-state index in [4.69, 9.17) is 4.74 Å². The molecule has 0 rings (SSSR count). The molecule has 0 bridgehead atoms. The van der Waals surface area contributed by atoms with Crippen molar-refractivity contribution in [2.75, 3.05) is 40.9 Å². The molecule has 66 valence electrons. The lowest BCUT2D eigenvalue weighted by atomic mass is 10.4. The largest absolute Gasteiger partial charge is 0.371 e. The first-order valence-electron chi connectivity index (χ1n) is 3.94. The van der Waals surface area contributed by atoms with E-state index >= 15 is 0 Å². The average Bonchev–Trinajstić information content (AvgIpc) is 1.78. The number of rotatable bonds is 5. The Morgan fingerprint density at radius 3 is 2.27 bits per heavy atom. The minimum atomic E-state index is 0.694. The number of quaternary nitrogens is 1. The van der Waals surface area contributed by atoms with Crippen molar-refractivity contribution in [3.8, 4) is 0 Å². The molecule has 11 heavy (non-hydrogen) atoms. The fraction of sp³-hybridized carbons (Fsp3) is 0.778. The van der Waals surface area contributed by atoms with Crippen LogP contribution in [-0.4, -0.2) is 45.4 Å². The van der Waals surface area contributed by atoms with E-state index in [1.165, 1.54) is 0 Å². The van der Waals surface area contributed by atoms with Crippen LogP contribution in [0.15, 0.2) is 12.2 Å². The zero-order chi connectivity index (χ0) is 8.91. The molecule has 0 aromatic heterocycles. The Kier molecular flexibility index (Phi) is 4.38. The van der Waals surface area contributed by atoms with Gasteiger partial charge in [-0.15, -0.1) is 0 Å².